The molecule has 0 N–H and O–H groups in total. The normalized spacial score (nSPS) is 15.1. The molecule has 8 heteroatoms. The first kappa shape index (κ1) is 42.2. The van der Waals surface area contributed by atoms with Crippen LogP contribution in [0.2, 0.25) is 0 Å². The third-order valence-corrected chi connectivity index (χ3v) is 21.1. The van der Waals surface area contributed by atoms with Crippen LogP contribution in [-0.4, -0.2) is 44.0 Å². The number of rotatable bonds is 7. The van der Waals surface area contributed by atoms with E-state index in [1.54, 1.807) is 0 Å². The Hall–Kier alpha value is -7.91. The summed E-state index contributed by atoms with van der Waals surface area (Å²) in [6.07, 6.45) is 7.37. The second-order valence-electron chi connectivity index (χ2n) is 18.5. The van der Waals surface area contributed by atoms with Gasteiger partial charge in [0.15, 0.2) is 17.5 Å². The minimum atomic E-state index is -1.43. The first-order chi connectivity index (χ1) is 34.3. The van der Waals surface area contributed by atoms with Crippen LogP contribution in [-0.2, 0) is 0 Å². The predicted molar refractivity (Wildman–Crippen MR) is 296 cm³/mol. The van der Waals surface area contributed by atoms with Crippen molar-refractivity contribution in [1.82, 2.24) is 19.5 Å². The molecule has 9 aromatic carbocycles. The lowest BCUT2D eigenvalue weighted by molar-refractivity contribution is 1.06. The van der Waals surface area contributed by atoms with Crippen molar-refractivity contribution < 1.29 is 0 Å². The molecule has 6 nitrogen and oxygen atoms in total. The van der Waals surface area contributed by atoms with Crippen LogP contribution < -0.4 is 9.80 Å². The molecule has 0 saturated carbocycles. The van der Waals surface area contributed by atoms with E-state index in [9.17, 15) is 0 Å². The van der Waals surface area contributed by atoms with Crippen LogP contribution in [0.1, 0.15) is 6.92 Å². The summed E-state index contributed by atoms with van der Waals surface area (Å²) in [5.74, 6) is 2.86. The lowest BCUT2D eigenvalue weighted by Gasteiger charge is -2.48. The molecule has 70 heavy (non-hydrogen) atoms. The fourth-order valence-corrected chi connectivity index (χ4v) is 16.2. The molecule has 2 aromatic heterocycles. The van der Waals surface area contributed by atoms with Crippen molar-refractivity contribution in [2.24, 2.45) is 0 Å². The molecule has 13 rings (SSSR count). The number of fused-ring (bicyclic) bond motifs is 7. The van der Waals surface area contributed by atoms with Gasteiger partial charge in [-0.2, -0.15) is 20.1 Å². The van der Waals surface area contributed by atoms with Gasteiger partial charge in [-0.3, -0.25) is 0 Å². The SMILES string of the molecule is CCS1(C)c2ccccc2N(c2cc(-c3nc(-c4ccccc4)nc(-c4ccccc4)n3)cc(N3c4ccccc4S(C)(C)c4ccccc43)c2-n2c3ccccc3c3ccccc32)c2ccccc21. The monoisotopic (exact) mass is 942 g/mol. The Morgan fingerprint density at radius 1 is 0.357 bits per heavy atom. The van der Waals surface area contributed by atoms with Crippen LogP contribution in [0.25, 0.3) is 61.7 Å². The summed E-state index contributed by atoms with van der Waals surface area (Å²) in [5.41, 5.74) is 12.8. The van der Waals surface area contributed by atoms with Crippen LogP contribution in [0, 0.1) is 0 Å². The summed E-state index contributed by atoms with van der Waals surface area (Å²) in [5, 5.41) is 2.40. The van der Waals surface area contributed by atoms with Crippen LogP contribution in [0.15, 0.2) is 238 Å². The Kier molecular flexibility index (Phi) is 9.87. The summed E-state index contributed by atoms with van der Waals surface area (Å²) in [4.78, 5) is 26.6. The molecule has 0 radical (unpaired) electrons. The van der Waals surface area contributed by atoms with Gasteiger partial charge < -0.3 is 14.4 Å². The smallest absolute Gasteiger partial charge is 0.164 e. The van der Waals surface area contributed by atoms with Crippen molar-refractivity contribution >= 4 is 76.0 Å². The molecule has 0 saturated heterocycles. The van der Waals surface area contributed by atoms with Gasteiger partial charge in [0.05, 0.1) is 50.8 Å². The van der Waals surface area contributed by atoms with Crippen molar-refractivity contribution in [3.63, 3.8) is 0 Å². The quantitative estimate of drug-likeness (QED) is 0.159. The minimum absolute atomic E-state index is 0.594. The molecule has 2 aliphatic rings. The summed E-state index contributed by atoms with van der Waals surface area (Å²) >= 11 is 0. The van der Waals surface area contributed by atoms with Crippen LogP contribution >= 0.6 is 20.1 Å². The van der Waals surface area contributed by atoms with E-state index in [0.717, 1.165) is 50.5 Å². The van der Waals surface area contributed by atoms with Gasteiger partial charge in [-0.25, -0.2) is 15.0 Å². The zero-order valence-corrected chi connectivity index (χ0v) is 41.1. The van der Waals surface area contributed by atoms with Gasteiger partial charge in [0, 0.05) is 47.0 Å². The first-order valence-electron chi connectivity index (χ1n) is 23.8. The van der Waals surface area contributed by atoms with E-state index in [2.05, 4.69) is 222 Å². The number of hydrogen-bond donors (Lipinski definition) is 0. The highest BCUT2D eigenvalue weighted by Crippen LogP contribution is 2.71. The zero-order chi connectivity index (χ0) is 47.1. The highest BCUT2D eigenvalue weighted by atomic mass is 32.3. The highest BCUT2D eigenvalue weighted by molar-refractivity contribution is 8.33. The Labute approximate surface area is 412 Å². The number of benzene rings is 9. The van der Waals surface area contributed by atoms with Gasteiger partial charge >= 0.3 is 0 Å². The van der Waals surface area contributed by atoms with Gasteiger partial charge in [-0.15, -0.1) is 0 Å². The van der Waals surface area contributed by atoms with Crippen molar-refractivity contribution in [3.8, 4) is 39.9 Å². The van der Waals surface area contributed by atoms with Crippen molar-refractivity contribution in [2.45, 2.75) is 26.5 Å². The van der Waals surface area contributed by atoms with E-state index >= 15 is 0 Å². The van der Waals surface area contributed by atoms with Crippen LogP contribution in [0.3, 0.4) is 0 Å². The third-order valence-electron chi connectivity index (χ3n) is 14.4. The predicted octanol–water partition coefficient (Wildman–Crippen LogP) is 16.9. The molecule has 0 unspecified atom stereocenters. The number of anilines is 6. The van der Waals surface area contributed by atoms with Gasteiger partial charge in [-0.05, 0) is 97.3 Å². The minimum Gasteiger partial charge on any atom is -0.306 e. The molecule has 0 aliphatic carbocycles. The second-order valence-corrected chi connectivity index (χ2v) is 25.7. The largest absolute Gasteiger partial charge is 0.306 e. The molecule has 0 fully saturated rings. The standard InChI is InChI=1S/C62H50N6S2/c1-5-70(4)57-38-22-18-34-51(57)67(52-35-19-23-39-58(52)70)54-41-44(62-64-60(42-24-8-6-9-25-42)63-61(65-62)43-26-10-7-11-27-43)40-53(59(54)68-47-30-14-12-28-45(47)46-29-13-15-31-48(46)68)66-49-32-16-20-36-55(49)69(2,3)56-37-21-17-33-50(56)66/h6-41H,5H2,1-4H3. The van der Waals surface area contributed by atoms with Gasteiger partial charge in [0.2, 0.25) is 0 Å². The molecule has 4 heterocycles. The van der Waals surface area contributed by atoms with Crippen molar-refractivity contribution in [3.05, 3.63) is 218 Å². The summed E-state index contributed by atoms with van der Waals surface area (Å²) in [6, 6.07) is 79.4. The highest BCUT2D eigenvalue weighted by Gasteiger charge is 2.40. The molecule has 0 spiro atoms. The lowest BCUT2D eigenvalue weighted by Crippen LogP contribution is -2.25. The first-order valence-corrected chi connectivity index (χ1v) is 28.5. The van der Waals surface area contributed by atoms with E-state index in [0.29, 0.717) is 17.5 Å². The maximum absolute atomic E-state index is 5.44. The van der Waals surface area contributed by atoms with E-state index < -0.39 is 20.1 Å². The fraction of sp³-hybridized carbons (Fsp3) is 0.0806. The Morgan fingerprint density at radius 3 is 1.13 bits per heavy atom. The zero-order valence-electron chi connectivity index (χ0n) is 39.5. The van der Waals surface area contributed by atoms with Crippen LogP contribution in [0.5, 0.6) is 0 Å². The third kappa shape index (κ3) is 6.40. The maximum Gasteiger partial charge on any atom is 0.164 e. The fourth-order valence-electron chi connectivity index (χ4n) is 10.9. The molecular formula is C62H50N6S2. The Balaban J connectivity index is 1.24. The summed E-state index contributed by atoms with van der Waals surface area (Å²) in [6.45, 7) is 2.35. The lowest BCUT2D eigenvalue weighted by atomic mass is 10.0. The van der Waals surface area contributed by atoms with E-state index in [4.69, 9.17) is 15.0 Å². The van der Waals surface area contributed by atoms with E-state index in [1.807, 2.05) is 36.4 Å². The van der Waals surface area contributed by atoms with Crippen molar-refractivity contribution in [1.29, 1.82) is 0 Å². The second kappa shape index (κ2) is 16.4. The molecule has 2 aliphatic heterocycles. The van der Waals surface area contributed by atoms with Gasteiger partial charge in [0.1, 0.15) is 0 Å². The average molecular weight is 943 g/mol. The molecular weight excluding hydrogens is 893 g/mol. The average Bonchev–Trinajstić information content (AvgIpc) is 3.75. The molecule has 340 valence electrons. The van der Waals surface area contributed by atoms with Crippen LogP contribution in [0.4, 0.5) is 34.1 Å². The summed E-state index contributed by atoms with van der Waals surface area (Å²) in [7, 11) is -2.85. The topological polar surface area (TPSA) is 50.1 Å². The number of hydrogen-bond acceptors (Lipinski definition) is 5. The van der Waals surface area contributed by atoms with Gasteiger partial charge in [0.25, 0.3) is 0 Å². The van der Waals surface area contributed by atoms with Crippen molar-refractivity contribution in [2.75, 3.05) is 34.3 Å². The summed E-state index contributed by atoms with van der Waals surface area (Å²) < 4.78 is 2.53. The number of para-hydroxylation sites is 6. The van der Waals surface area contributed by atoms with E-state index in [-0.39, 0.29) is 0 Å². The van der Waals surface area contributed by atoms with E-state index in [1.165, 1.54) is 53.1 Å². The maximum atomic E-state index is 5.44. The number of nitrogens with zero attached hydrogens (tertiary/aromatic N) is 6. The Morgan fingerprint density at radius 2 is 0.700 bits per heavy atom. The molecule has 0 amide bonds. The number of aromatic nitrogens is 4. The molecule has 0 atom stereocenters. The molecule has 11 aromatic rings. The molecule has 0 bridgehead atoms. The van der Waals surface area contributed by atoms with Gasteiger partial charge in [-0.1, -0.05) is 153 Å². The Bertz CT molecular complexity index is 3640.